The summed E-state index contributed by atoms with van der Waals surface area (Å²) >= 11 is 6.08. The maximum absolute atomic E-state index is 13.1. The summed E-state index contributed by atoms with van der Waals surface area (Å²) in [5.41, 5.74) is 0.761. The Morgan fingerprint density at radius 2 is 1.95 bits per heavy atom. The van der Waals surface area contributed by atoms with E-state index in [0.29, 0.717) is 17.3 Å². The van der Waals surface area contributed by atoms with Crippen molar-refractivity contribution in [1.82, 2.24) is 5.32 Å². The Morgan fingerprint density at radius 1 is 1.16 bits per heavy atom. The van der Waals surface area contributed by atoms with Gasteiger partial charge in [0.2, 0.25) is 0 Å². The Kier molecular flexibility index (Phi) is 4.35. The molecule has 2 nitrogen and oxygen atoms in total. The normalized spacial score (nSPS) is 10.5. The van der Waals surface area contributed by atoms with Gasteiger partial charge in [0, 0.05) is 23.2 Å². The van der Waals surface area contributed by atoms with E-state index >= 15 is 0 Å². The van der Waals surface area contributed by atoms with Crippen molar-refractivity contribution in [3.63, 3.8) is 0 Å². The number of hydrogen-bond acceptors (Lipinski definition) is 2. The lowest BCUT2D eigenvalue weighted by molar-refractivity contribution is 0.456. The fraction of sp³-hybridized carbons (Fsp3) is 0.143. The highest BCUT2D eigenvalue weighted by atomic mass is 35.5. The van der Waals surface area contributed by atoms with Crippen LogP contribution in [0.1, 0.15) is 5.56 Å². The second-order valence-corrected chi connectivity index (χ2v) is 4.33. The molecule has 2 aromatic carbocycles. The molecule has 0 bridgehead atoms. The summed E-state index contributed by atoms with van der Waals surface area (Å²) in [6, 6.07) is 8.58. The third-order valence-corrected chi connectivity index (χ3v) is 2.90. The van der Waals surface area contributed by atoms with Gasteiger partial charge < -0.3 is 10.1 Å². The van der Waals surface area contributed by atoms with Crippen molar-refractivity contribution in [2.24, 2.45) is 0 Å². The fourth-order valence-electron chi connectivity index (χ4n) is 1.65. The van der Waals surface area contributed by atoms with Crippen LogP contribution in [0.3, 0.4) is 0 Å². The van der Waals surface area contributed by atoms with Crippen molar-refractivity contribution in [3.8, 4) is 11.5 Å². The quantitative estimate of drug-likeness (QED) is 0.911. The number of benzene rings is 2. The van der Waals surface area contributed by atoms with Gasteiger partial charge >= 0.3 is 0 Å². The van der Waals surface area contributed by atoms with Gasteiger partial charge in [-0.2, -0.15) is 0 Å². The molecular weight excluding hydrogens is 272 g/mol. The molecule has 0 heterocycles. The molecule has 0 aliphatic rings. The Labute approximate surface area is 115 Å². The van der Waals surface area contributed by atoms with Crippen molar-refractivity contribution in [2.75, 3.05) is 7.05 Å². The number of ether oxygens (including phenoxy) is 1. The predicted molar refractivity (Wildman–Crippen MR) is 70.6 cm³/mol. The molecule has 0 fully saturated rings. The topological polar surface area (TPSA) is 21.3 Å². The lowest BCUT2D eigenvalue weighted by Crippen LogP contribution is -2.07. The van der Waals surface area contributed by atoms with E-state index < -0.39 is 11.6 Å². The maximum Gasteiger partial charge on any atom is 0.162 e. The van der Waals surface area contributed by atoms with Gasteiger partial charge in [-0.25, -0.2) is 8.78 Å². The van der Waals surface area contributed by atoms with Crippen LogP contribution in [0.2, 0.25) is 5.02 Å². The van der Waals surface area contributed by atoms with Crippen LogP contribution in [0.5, 0.6) is 11.5 Å². The van der Waals surface area contributed by atoms with E-state index in [1.807, 2.05) is 0 Å². The monoisotopic (exact) mass is 283 g/mol. The zero-order valence-corrected chi connectivity index (χ0v) is 11.0. The van der Waals surface area contributed by atoms with Crippen molar-refractivity contribution < 1.29 is 13.5 Å². The molecule has 0 unspecified atom stereocenters. The average Bonchev–Trinajstić information content (AvgIpc) is 2.38. The summed E-state index contributed by atoms with van der Waals surface area (Å²) in [6.45, 7) is 0.513. The largest absolute Gasteiger partial charge is 0.457 e. The summed E-state index contributed by atoms with van der Waals surface area (Å²) in [4.78, 5) is 0. The summed E-state index contributed by atoms with van der Waals surface area (Å²) < 4.78 is 31.5. The minimum Gasteiger partial charge on any atom is -0.457 e. The van der Waals surface area contributed by atoms with Crippen molar-refractivity contribution >= 4 is 11.6 Å². The minimum atomic E-state index is -0.949. The van der Waals surface area contributed by atoms with E-state index in [-0.39, 0.29) is 5.75 Å². The molecule has 0 radical (unpaired) electrons. The zero-order valence-electron chi connectivity index (χ0n) is 10.2. The molecule has 0 atom stereocenters. The van der Waals surface area contributed by atoms with Crippen LogP contribution < -0.4 is 10.1 Å². The molecule has 100 valence electrons. The van der Waals surface area contributed by atoms with Gasteiger partial charge in [0.25, 0.3) is 0 Å². The van der Waals surface area contributed by atoms with Crippen molar-refractivity contribution in [2.45, 2.75) is 6.54 Å². The minimum absolute atomic E-state index is 0.221. The van der Waals surface area contributed by atoms with Crippen LogP contribution >= 0.6 is 11.6 Å². The van der Waals surface area contributed by atoms with Gasteiger partial charge in [-0.1, -0.05) is 17.7 Å². The second-order valence-electron chi connectivity index (χ2n) is 3.92. The molecular formula is C14H12ClF2NO. The standard InChI is InChI=1S/C14H12ClF2NO/c1-18-8-10-11(15)3-2-4-14(10)19-9-5-6-12(16)13(17)7-9/h2-7,18H,8H2,1H3. The molecule has 0 aromatic heterocycles. The molecule has 2 aromatic rings. The molecule has 0 saturated carbocycles. The number of rotatable bonds is 4. The molecule has 19 heavy (non-hydrogen) atoms. The first-order valence-electron chi connectivity index (χ1n) is 5.66. The Balaban J connectivity index is 2.32. The first-order chi connectivity index (χ1) is 9.11. The first-order valence-corrected chi connectivity index (χ1v) is 6.04. The van der Waals surface area contributed by atoms with Gasteiger partial charge in [0.05, 0.1) is 0 Å². The third kappa shape index (κ3) is 3.22. The van der Waals surface area contributed by atoms with E-state index in [1.165, 1.54) is 6.07 Å². The lowest BCUT2D eigenvalue weighted by atomic mass is 10.2. The second kappa shape index (κ2) is 5.99. The molecule has 0 saturated heterocycles. The molecule has 0 amide bonds. The smallest absolute Gasteiger partial charge is 0.162 e. The summed E-state index contributed by atoms with van der Waals surface area (Å²) in [6.07, 6.45) is 0. The van der Waals surface area contributed by atoms with E-state index in [0.717, 1.165) is 17.7 Å². The number of halogens is 3. The van der Waals surface area contributed by atoms with Gasteiger partial charge in [-0.15, -0.1) is 0 Å². The zero-order chi connectivity index (χ0) is 13.8. The maximum atomic E-state index is 13.1. The highest BCUT2D eigenvalue weighted by Gasteiger charge is 2.10. The Morgan fingerprint density at radius 3 is 2.63 bits per heavy atom. The van der Waals surface area contributed by atoms with Crippen molar-refractivity contribution in [3.05, 3.63) is 58.6 Å². The third-order valence-electron chi connectivity index (χ3n) is 2.55. The van der Waals surface area contributed by atoms with E-state index in [1.54, 1.807) is 25.2 Å². The molecule has 5 heteroatoms. The lowest BCUT2D eigenvalue weighted by Gasteiger charge is -2.12. The van der Waals surface area contributed by atoms with Crippen LogP contribution in [-0.4, -0.2) is 7.05 Å². The van der Waals surface area contributed by atoms with Gasteiger partial charge in [0.1, 0.15) is 11.5 Å². The molecule has 0 aliphatic heterocycles. The molecule has 0 aliphatic carbocycles. The van der Waals surface area contributed by atoms with E-state index in [9.17, 15) is 8.78 Å². The Hall–Kier alpha value is -1.65. The van der Waals surface area contributed by atoms with Gasteiger partial charge in [0.15, 0.2) is 11.6 Å². The van der Waals surface area contributed by atoms with E-state index in [2.05, 4.69) is 5.32 Å². The number of hydrogen-bond donors (Lipinski definition) is 1. The van der Waals surface area contributed by atoms with E-state index in [4.69, 9.17) is 16.3 Å². The fourth-order valence-corrected chi connectivity index (χ4v) is 1.88. The van der Waals surface area contributed by atoms with Crippen LogP contribution in [0, 0.1) is 11.6 Å². The van der Waals surface area contributed by atoms with Crippen molar-refractivity contribution in [1.29, 1.82) is 0 Å². The van der Waals surface area contributed by atoms with Crippen LogP contribution in [0.4, 0.5) is 8.78 Å². The number of nitrogens with one attached hydrogen (secondary N) is 1. The summed E-state index contributed by atoms with van der Waals surface area (Å²) in [5.74, 6) is -1.13. The Bertz CT molecular complexity index is 590. The summed E-state index contributed by atoms with van der Waals surface area (Å²) in [7, 11) is 1.78. The van der Waals surface area contributed by atoms with Crippen LogP contribution in [0.15, 0.2) is 36.4 Å². The summed E-state index contributed by atoms with van der Waals surface area (Å²) in [5, 5.41) is 3.52. The van der Waals surface area contributed by atoms with Crippen LogP contribution in [-0.2, 0) is 6.54 Å². The predicted octanol–water partition coefficient (Wildman–Crippen LogP) is 4.13. The average molecular weight is 284 g/mol. The highest BCUT2D eigenvalue weighted by molar-refractivity contribution is 6.31. The van der Waals surface area contributed by atoms with Gasteiger partial charge in [-0.3, -0.25) is 0 Å². The molecule has 2 rings (SSSR count). The SMILES string of the molecule is CNCc1c(Cl)cccc1Oc1ccc(F)c(F)c1. The molecule has 1 N–H and O–H groups in total. The molecule has 0 spiro atoms. The highest BCUT2D eigenvalue weighted by Crippen LogP contribution is 2.30. The van der Waals surface area contributed by atoms with Crippen LogP contribution in [0.25, 0.3) is 0 Å². The van der Waals surface area contributed by atoms with Gasteiger partial charge in [-0.05, 0) is 31.3 Å². The first kappa shape index (κ1) is 13.8.